The number of hydrogen-bond donors (Lipinski definition) is 2. The molecule has 4 rings (SSSR count). The molecule has 1 spiro atoms. The zero-order valence-corrected chi connectivity index (χ0v) is 38.6. The third kappa shape index (κ3) is 11.2. The maximum atomic E-state index is 13.3. The summed E-state index contributed by atoms with van der Waals surface area (Å²) in [6.45, 7) is 22.5. The zero-order chi connectivity index (χ0) is 44.9. The van der Waals surface area contributed by atoms with E-state index in [4.69, 9.17) is 28.4 Å². The first-order chi connectivity index (χ1) is 26.7. The van der Waals surface area contributed by atoms with Crippen molar-refractivity contribution in [1.29, 1.82) is 0 Å². The molecule has 2 aromatic rings. The number of esters is 2. The Balaban J connectivity index is 1.32. The summed E-state index contributed by atoms with van der Waals surface area (Å²) < 4.78 is 86.2. The summed E-state index contributed by atoms with van der Waals surface area (Å²) in [4.78, 5) is 26.1. The van der Waals surface area contributed by atoms with Crippen LogP contribution in [0.3, 0.4) is 0 Å². The first-order valence-corrected chi connectivity index (χ1v) is 23.4. The number of ether oxygens (including phenoxy) is 6. The van der Waals surface area contributed by atoms with E-state index in [1.54, 1.807) is 26.0 Å². The Morgan fingerprint density at radius 1 is 0.627 bits per heavy atom. The quantitative estimate of drug-likeness (QED) is 0.226. The van der Waals surface area contributed by atoms with Crippen LogP contribution in [0.25, 0.3) is 0 Å². The van der Waals surface area contributed by atoms with Gasteiger partial charge < -0.3 is 38.6 Å². The number of carbonyl (C=O) groups excluding carboxylic acids is 2. The Labute approximate surface area is 350 Å². The molecule has 2 fully saturated rings. The highest BCUT2D eigenvalue weighted by Gasteiger charge is 2.48. The molecule has 0 radical (unpaired) electrons. The van der Waals surface area contributed by atoms with Crippen LogP contribution in [0.2, 0.25) is 0 Å². The molecule has 2 N–H and O–H groups in total. The van der Waals surface area contributed by atoms with Gasteiger partial charge in [0.15, 0.2) is 32.3 Å². The fourth-order valence-electron chi connectivity index (χ4n) is 6.90. The summed E-state index contributed by atoms with van der Waals surface area (Å²) in [5, 5.41) is 21.5. The van der Waals surface area contributed by atoms with Crippen LogP contribution >= 0.6 is 0 Å². The second-order valence-corrected chi connectivity index (χ2v) is 23.9. The van der Waals surface area contributed by atoms with Crippen molar-refractivity contribution in [3.05, 3.63) is 46.5 Å². The van der Waals surface area contributed by atoms with Gasteiger partial charge in [-0.3, -0.25) is 9.59 Å². The minimum Gasteiger partial charge on any atom is -0.506 e. The fraction of sp³-hybridized carbons (Fsp3) is 0.674. The first-order valence-electron chi connectivity index (χ1n) is 19.6. The fourth-order valence-corrected chi connectivity index (χ4v) is 8.52. The van der Waals surface area contributed by atoms with Gasteiger partial charge in [0.2, 0.25) is 0 Å². The van der Waals surface area contributed by atoms with Gasteiger partial charge in [0.05, 0.1) is 43.7 Å². The number of benzene rings is 2. The van der Waals surface area contributed by atoms with E-state index in [-0.39, 0.29) is 60.9 Å². The van der Waals surface area contributed by atoms with Crippen molar-refractivity contribution in [2.24, 2.45) is 16.2 Å². The molecule has 2 heterocycles. The average molecular weight is 869 g/mol. The normalized spacial score (nSPS) is 22.1. The number of aromatic hydroxyl groups is 2. The van der Waals surface area contributed by atoms with Gasteiger partial charge in [-0.15, -0.1) is 0 Å². The van der Waals surface area contributed by atoms with Crippen molar-refractivity contribution in [3.8, 4) is 11.5 Å². The van der Waals surface area contributed by atoms with Gasteiger partial charge in [-0.05, 0) is 47.9 Å². The number of hydrogen-bond acceptors (Lipinski definition) is 14. The van der Waals surface area contributed by atoms with Crippen LogP contribution in [0.4, 0.5) is 0 Å². The highest BCUT2D eigenvalue weighted by molar-refractivity contribution is 7.91. The predicted molar refractivity (Wildman–Crippen MR) is 220 cm³/mol. The molecule has 2 aromatic carbocycles. The van der Waals surface area contributed by atoms with Crippen molar-refractivity contribution < 1.29 is 65.1 Å². The van der Waals surface area contributed by atoms with E-state index >= 15 is 0 Å². The van der Waals surface area contributed by atoms with Gasteiger partial charge in [0.1, 0.15) is 34.5 Å². The summed E-state index contributed by atoms with van der Waals surface area (Å²) in [6, 6.07) is 5.92. The van der Waals surface area contributed by atoms with E-state index < -0.39 is 83.1 Å². The molecule has 2 aliphatic rings. The molecular weight excluding hydrogens is 805 g/mol. The lowest BCUT2D eigenvalue weighted by Gasteiger charge is -2.48. The number of carbonyl (C=O) groups is 2. The average Bonchev–Trinajstić information content (AvgIpc) is 3.11. The van der Waals surface area contributed by atoms with Crippen molar-refractivity contribution in [2.75, 3.05) is 52.2 Å². The summed E-state index contributed by atoms with van der Waals surface area (Å²) in [5.74, 6) is -3.47. The van der Waals surface area contributed by atoms with Gasteiger partial charge in [-0.2, -0.15) is 0 Å². The van der Waals surface area contributed by atoms with Gasteiger partial charge in [-0.25, -0.2) is 16.8 Å². The molecule has 0 aliphatic carbocycles. The molecule has 0 aromatic heterocycles. The largest absolute Gasteiger partial charge is 0.506 e. The van der Waals surface area contributed by atoms with E-state index in [9.17, 15) is 36.6 Å². The Bertz CT molecular complexity index is 1950. The molecule has 0 amide bonds. The summed E-state index contributed by atoms with van der Waals surface area (Å²) in [5.41, 5.74) is -1.73. The number of sulfone groups is 2. The summed E-state index contributed by atoms with van der Waals surface area (Å²) in [7, 11) is -7.58. The Morgan fingerprint density at radius 3 is 1.17 bits per heavy atom. The van der Waals surface area contributed by atoms with E-state index in [0.29, 0.717) is 22.3 Å². The standard InChI is InChI=1S/C43H64O14S2/c1-25(27-15-29(39(3,4)5)33(44)31(17-27)58(13,48)49)35(46)52-19-41(9,10)37-54-21-43(22-55-37)23-56-38(57-24-43)42(11,12)20-53-36(47)26(2)28-16-30(40(6,7)8)34(45)32(18-28)59(14,50)51/h15-18,25-26,37-38,44-45H,19-24H2,1-14H3. The molecule has 2 aliphatic heterocycles. The number of rotatable bonds is 12. The maximum Gasteiger partial charge on any atom is 0.313 e. The molecular formula is C43H64O14S2. The lowest BCUT2D eigenvalue weighted by molar-refractivity contribution is -0.337. The van der Waals surface area contributed by atoms with Gasteiger partial charge in [-0.1, -0.05) is 81.4 Å². The molecule has 2 unspecified atom stereocenters. The highest BCUT2D eigenvalue weighted by Crippen LogP contribution is 2.42. The number of phenolic OH excluding ortho intramolecular Hbond substituents is 2. The second kappa shape index (κ2) is 16.9. The van der Waals surface area contributed by atoms with Crippen LogP contribution in [0, 0.1) is 16.2 Å². The topological polar surface area (TPSA) is 198 Å². The van der Waals surface area contributed by atoms with Crippen LogP contribution < -0.4 is 0 Å². The molecule has 16 heteroatoms. The zero-order valence-electron chi connectivity index (χ0n) is 37.0. The third-order valence-electron chi connectivity index (χ3n) is 10.9. The smallest absolute Gasteiger partial charge is 0.313 e. The van der Waals surface area contributed by atoms with Crippen molar-refractivity contribution in [2.45, 2.75) is 128 Å². The van der Waals surface area contributed by atoms with Crippen LogP contribution in [0.15, 0.2) is 34.1 Å². The van der Waals surface area contributed by atoms with Gasteiger partial charge in [0.25, 0.3) is 0 Å². The van der Waals surface area contributed by atoms with E-state index in [1.165, 1.54) is 12.1 Å². The molecule has 332 valence electrons. The van der Waals surface area contributed by atoms with E-state index in [2.05, 4.69) is 0 Å². The second-order valence-electron chi connectivity index (χ2n) is 19.9. The Hall–Kier alpha value is -3.28. The lowest BCUT2D eigenvalue weighted by atomic mass is 9.84. The van der Waals surface area contributed by atoms with Crippen LogP contribution in [-0.4, -0.2) is 104 Å². The van der Waals surface area contributed by atoms with Crippen LogP contribution in [0.1, 0.15) is 117 Å². The van der Waals surface area contributed by atoms with E-state index in [0.717, 1.165) is 12.5 Å². The number of phenols is 2. The van der Waals surface area contributed by atoms with Crippen LogP contribution in [-0.2, 0) is 68.5 Å². The van der Waals surface area contributed by atoms with Gasteiger partial charge >= 0.3 is 11.9 Å². The molecule has 0 bridgehead atoms. The minimum absolute atomic E-state index is 0.0546. The lowest BCUT2D eigenvalue weighted by Crippen LogP contribution is -2.57. The van der Waals surface area contributed by atoms with Crippen molar-refractivity contribution in [1.82, 2.24) is 0 Å². The molecule has 0 saturated carbocycles. The first kappa shape index (κ1) is 48.4. The maximum absolute atomic E-state index is 13.3. The predicted octanol–water partition coefficient (Wildman–Crippen LogP) is 6.28. The monoisotopic (exact) mass is 868 g/mol. The van der Waals surface area contributed by atoms with Crippen molar-refractivity contribution in [3.63, 3.8) is 0 Å². The summed E-state index contributed by atoms with van der Waals surface area (Å²) >= 11 is 0. The van der Waals surface area contributed by atoms with Crippen LogP contribution in [0.5, 0.6) is 11.5 Å². The Morgan fingerprint density at radius 2 is 0.915 bits per heavy atom. The van der Waals surface area contributed by atoms with Crippen molar-refractivity contribution >= 4 is 31.6 Å². The minimum atomic E-state index is -3.79. The third-order valence-corrected chi connectivity index (χ3v) is 13.1. The van der Waals surface area contributed by atoms with Gasteiger partial charge in [0, 0.05) is 34.5 Å². The van der Waals surface area contributed by atoms with E-state index in [1.807, 2.05) is 69.2 Å². The molecule has 2 atom stereocenters. The highest BCUT2D eigenvalue weighted by atomic mass is 32.2. The summed E-state index contributed by atoms with van der Waals surface area (Å²) in [6.07, 6.45) is 0.558. The molecule has 59 heavy (non-hydrogen) atoms. The molecule has 2 saturated heterocycles. The Kier molecular flexibility index (Phi) is 13.8. The molecule has 14 nitrogen and oxygen atoms in total. The SMILES string of the molecule is CC(C(=O)OCC(C)(C)C1OCC2(CO1)COC(C(C)(C)COC(=O)C(C)c1cc(C(C)(C)C)c(O)c(S(C)(=O)=O)c1)OC2)c1cc(C(C)(C)C)c(O)c(S(C)(=O)=O)c1.